The second kappa shape index (κ2) is 11.5. The van der Waals surface area contributed by atoms with Gasteiger partial charge >= 0.3 is 0 Å². The van der Waals surface area contributed by atoms with Crippen molar-refractivity contribution in [1.82, 2.24) is 4.57 Å². The van der Waals surface area contributed by atoms with Gasteiger partial charge in [-0.25, -0.2) is 9.38 Å². The fourth-order valence-electron chi connectivity index (χ4n) is 4.78. The number of allylic oxidation sites excluding steroid dienone is 1. The molecule has 218 valence electrons. The zero-order chi connectivity index (χ0) is 30.2. The lowest BCUT2D eigenvalue weighted by Crippen LogP contribution is -2.40. The highest BCUT2D eigenvalue weighted by Gasteiger charge is 2.34. The lowest BCUT2D eigenvalue weighted by molar-refractivity contribution is -0.113. The SMILES string of the molecule is CC1=C(C(=O)Nc2ccccc2C)C(c2ccc(C)o2)n2c(sc(=Cc3ccc(COc4ccc(F)c(Cl)c4)o3)c2=O)=N1. The van der Waals surface area contributed by atoms with Crippen LogP contribution in [0, 0.1) is 19.7 Å². The summed E-state index contributed by atoms with van der Waals surface area (Å²) in [4.78, 5) is 32.6. The third-order valence-corrected chi connectivity index (χ3v) is 8.19. The number of rotatable bonds is 7. The molecular weight excluding hydrogens is 593 g/mol. The van der Waals surface area contributed by atoms with Gasteiger partial charge in [-0.3, -0.25) is 14.2 Å². The summed E-state index contributed by atoms with van der Waals surface area (Å²) in [5.74, 6) is 1.51. The zero-order valence-corrected chi connectivity index (χ0v) is 24.9. The molecule has 43 heavy (non-hydrogen) atoms. The van der Waals surface area contributed by atoms with Crippen LogP contribution >= 0.6 is 22.9 Å². The molecule has 0 saturated heterocycles. The van der Waals surface area contributed by atoms with Gasteiger partial charge in [0.15, 0.2) is 4.80 Å². The third-order valence-electron chi connectivity index (χ3n) is 6.92. The Morgan fingerprint density at radius 3 is 2.67 bits per heavy atom. The molecule has 5 aromatic rings. The molecule has 0 fully saturated rings. The summed E-state index contributed by atoms with van der Waals surface area (Å²) < 4.78 is 32.8. The Hall–Kier alpha value is -4.67. The lowest BCUT2D eigenvalue weighted by Gasteiger charge is -2.23. The molecule has 1 aliphatic rings. The van der Waals surface area contributed by atoms with Crippen LogP contribution < -0.4 is 24.9 Å². The van der Waals surface area contributed by atoms with Crippen molar-refractivity contribution >= 4 is 40.6 Å². The summed E-state index contributed by atoms with van der Waals surface area (Å²) in [7, 11) is 0. The normalized spacial score (nSPS) is 14.9. The fourth-order valence-corrected chi connectivity index (χ4v) is 5.98. The predicted octanol–water partition coefficient (Wildman–Crippen LogP) is 6.05. The summed E-state index contributed by atoms with van der Waals surface area (Å²) in [5, 5.41) is 2.94. The van der Waals surface area contributed by atoms with E-state index in [0.717, 1.165) is 5.56 Å². The molecule has 0 spiro atoms. The van der Waals surface area contributed by atoms with E-state index in [2.05, 4.69) is 10.3 Å². The number of carbonyl (C=O) groups is 1. The van der Waals surface area contributed by atoms with Crippen molar-refractivity contribution < 1.29 is 22.8 Å². The average molecular weight is 618 g/mol. The number of hydrogen-bond acceptors (Lipinski definition) is 7. The first-order valence-corrected chi connectivity index (χ1v) is 14.5. The molecule has 0 aliphatic carbocycles. The fraction of sp³-hybridized carbons (Fsp3) is 0.156. The summed E-state index contributed by atoms with van der Waals surface area (Å²) in [6, 6.07) is 17.7. The minimum absolute atomic E-state index is 0.0397. The van der Waals surface area contributed by atoms with Crippen LogP contribution in [0.25, 0.3) is 6.08 Å². The Balaban J connectivity index is 1.34. The summed E-state index contributed by atoms with van der Waals surface area (Å²) in [6.07, 6.45) is 1.62. The van der Waals surface area contributed by atoms with Crippen LogP contribution in [-0.2, 0) is 11.4 Å². The Kier molecular flexibility index (Phi) is 7.64. The highest BCUT2D eigenvalue weighted by Crippen LogP contribution is 2.32. The molecule has 0 saturated carbocycles. The molecule has 1 N–H and O–H groups in total. The molecule has 4 heterocycles. The maximum atomic E-state index is 13.8. The number of amides is 1. The van der Waals surface area contributed by atoms with E-state index in [1.165, 1.54) is 34.1 Å². The number of nitrogens with one attached hydrogen (secondary N) is 1. The minimum atomic E-state index is -0.820. The molecule has 1 aliphatic heterocycles. The number of fused-ring (bicyclic) bond motifs is 1. The number of halogens is 2. The maximum absolute atomic E-state index is 13.8. The molecule has 6 rings (SSSR count). The molecule has 1 amide bonds. The second-order valence-electron chi connectivity index (χ2n) is 9.97. The van der Waals surface area contributed by atoms with Crippen molar-refractivity contribution in [2.75, 3.05) is 5.32 Å². The first-order chi connectivity index (χ1) is 20.7. The monoisotopic (exact) mass is 617 g/mol. The molecule has 0 radical (unpaired) electrons. The first-order valence-electron chi connectivity index (χ1n) is 13.3. The molecule has 3 aromatic heterocycles. The highest BCUT2D eigenvalue weighted by atomic mass is 35.5. The van der Waals surface area contributed by atoms with Crippen molar-refractivity contribution in [2.24, 2.45) is 4.99 Å². The predicted molar refractivity (Wildman–Crippen MR) is 161 cm³/mol. The summed E-state index contributed by atoms with van der Waals surface area (Å²) in [5.41, 5.74) is 2.03. The van der Waals surface area contributed by atoms with Gasteiger partial charge in [0.05, 0.1) is 20.8 Å². The van der Waals surface area contributed by atoms with Crippen molar-refractivity contribution in [3.05, 3.63) is 137 Å². The Bertz CT molecular complexity index is 2090. The Morgan fingerprint density at radius 2 is 1.93 bits per heavy atom. The average Bonchev–Trinajstić information content (AvgIpc) is 3.69. The molecule has 2 aromatic carbocycles. The molecular formula is C32H25ClFN3O5S. The molecule has 1 atom stereocenters. The first kappa shape index (κ1) is 28.4. The van der Waals surface area contributed by atoms with Crippen LogP contribution in [0.1, 0.15) is 41.6 Å². The van der Waals surface area contributed by atoms with E-state index in [4.69, 9.17) is 25.2 Å². The van der Waals surface area contributed by atoms with Gasteiger partial charge in [-0.15, -0.1) is 0 Å². The number of benzene rings is 2. The minimum Gasteiger partial charge on any atom is -0.486 e. The van der Waals surface area contributed by atoms with Crippen molar-refractivity contribution in [2.45, 2.75) is 33.4 Å². The van der Waals surface area contributed by atoms with E-state index < -0.39 is 11.9 Å². The van der Waals surface area contributed by atoms with Gasteiger partial charge < -0.3 is 18.9 Å². The quantitative estimate of drug-likeness (QED) is 0.240. The second-order valence-corrected chi connectivity index (χ2v) is 11.4. The van der Waals surface area contributed by atoms with Crippen molar-refractivity contribution in [3.63, 3.8) is 0 Å². The maximum Gasteiger partial charge on any atom is 0.271 e. The van der Waals surface area contributed by atoms with Crippen LogP contribution in [0.3, 0.4) is 0 Å². The number of nitrogens with zero attached hydrogens (tertiary/aromatic N) is 2. The number of carbonyl (C=O) groups excluding carboxylic acids is 1. The number of aryl methyl sites for hydroxylation is 2. The van der Waals surface area contributed by atoms with Gasteiger partial charge in [0.1, 0.15) is 47.3 Å². The van der Waals surface area contributed by atoms with Crippen LogP contribution in [0.4, 0.5) is 10.1 Å². The Morgan fingerprint density at radius 1 is 1.12 bits per heavy atom. The van der Waals surface area contributed by atoms with Crippen LogP contribution in [-0.4, -0.2) is 10.5 Å². The standard InChI is InChI=1S/C32H25ClFN3O5S/c1-17-6-4-5-7-25(17)36-30(38)28-19(3)35-32-37(29(28)26-13-8-18(2)41-26)31(39)27(43-32)15-21-9-10-22(42-21)16-40-20-11-12-24(34)23(33)14-20/h4-15,29H,16H2,1-3H3,(H,36,38). The Labute approximate surface area is 254 Å². The number of ether oxygens (including phenoxy) is 1. The number of furan rings is 2. The van der Waals surface area contributed by atoms with Gasteiger partial charge in [-0.1, -0.05) is 41.1 Å². The van der Waals surface area contributed by atoms with E-state index in [1.807, 2.05) is 31.2 Å². The van der Waals surface area contributed by atoms with Crippen molar-refractivity contribution in [3.8, 4) is 5.75 Å². The third kappa shape index (κ3) is 5.71. The van der Waals surface area contributed by atoms with E-state index >= 15 is 0 Å². The van der Waals surface area contributed by atoms with Gasteiger partial charge in [0, 0.05) is 17.8 Å². The van der Waals surface area contributed by atoms with E-state index in [0.29, 0.717) is 55.1 Å². The highest BCUT2D eigenvalue weighted by molar-refractivity contribution is 7.07. The van der Waals surface area contributed by atoms with Gasteiger partial charge in [-0.2, -0.15) is 0 Å². The van der Waals surface area contributed by atoms with Crippen LogP contribution in [0.2, 0.25) is 5.02 Å². The van der Waals surface area contributed by atoms with E-state index in [1.54, 1.807) is 44.2 Å². The van der Waals surface area contributed by atoms with Crippen molar-refractivity contribution in [1.29, 1.82) is 0 Å². The number of hydrogen-bond donors (Lipinski definition) is 1. The van der Waals surface area contributed by atoms with Crippen LogP contribution in [0.5, 0.6) is 5.75 Å². The number of aromatic nitrogens is 1. The van der Waals surface area contributed by atoms with Gasteiger partial charge in [-0.05, 0) is 68.8 Å². The topological polar surface area (TPSA) is 99.0 Å². The van der Waals surface area contributed by atoms with E-state index in [-0.39, 0.29) is 23.1 Å². The summed E-state index contributed by atoms with van der Waals surface area (Å²) >= 11 is 7.01. The zero-order valence-electron chi connectivity index (χ0n) is 23.3. The van der Waals surface area contributed by atoms with E-state index in [9.17, 15) is 14.0 Å². The molecule has 11 heteroatoms. The van der Waals surface area contributed by atoms with Gasteiger partial charge in [0.2, 0.25) is 0 Å². The van der Waals surface area contributed by atoms with Gasteiger partial charge in [0.25, 0.3) is 11.5 Å². The molecule has 0 bridgehead atoms. The molecule has 8 nitrogen and oxygen atoms in total. The lowest BCUT2D eigenvalue weighted by atomic mass is 10.00. The largest absolute Gasteiger partial charge is 0.486 e. The number of anilines is 1. The molecule has 1 unspecified atom stereocenters. The van der Waals surface area contributed by atoms with Crippen LogP contribution in [0.15, 0.2) is 96.6 Å². The smallest absolute Gasteiger partial charge is 0.271 e. The number of para-hydroxylation sites is 1. The summed E-state index contributed by atoms with van der Waals surface area (Å²) in [6.45, 7) is 5.54. The number of thiazole rings is 1.